The van der Waals surface area contributed by atoms with Gasteiger partial charge in [-0.2, -0.15) is 0 Å². The van der Waals surface area contributed by atoms with Crippen LogP contribution in [0.15, 0.2) is 0 Å². The third-order valence-electron chi connectivity index (χ3n) is 0. The standard InChI is InChI=1S/2H2S.6W/h2*1H2;;;;;;/p-2. The Morgan fingerprint density at radius 1 is 0.250 bits per heavy atom. The van der Waals surface area contributed by atoms with Crippen molar-refractivity contribution in [2.75, 3.05) is 0 Å². The quantitative estimate of drug-likeness (QED) is 0.236. The van der Waals surface area contributed by atoms with Gasteiger partial charge in [-0.05, 0) is 0 Å². The molecule has 0 bridgehead atoms. The van der Waals surface area contributed by atoms with E-state index >= 15 is 0 Å². The first-order chi connectivity index (χ1) is 0. The zero-order valence-electron chi connectivity index (χ0n) is 3.34. The van der Waals surface area contributed by atoms with Gasteiger partial charge in [-0.3, -0.25) is 0 Å². The van der Waals surface area contributed by atoms with E-state index in [-0.39, 0.29) is 153 Å². The van der Waals surface area contributed by atoms with Gasteiger partial charge in [-0.15, -0.1) is 0 Å². The van der Waals surface area contributed by atoms with Gasteiger partial charge in [0.2, 0.25) is 0 Å². The van der Waals surface area contributed by atoms with Crippen LogP contribution in [0.2, 0.25) is 0 Å². The van der Waals surface area contributed by atoms with E-state index in [1.807, 2.05) is 0 Å². The van der Waals surface area contributed by atoms with E-state index < -0.39 is 0 Å². The summed E-state index contributed by atoms with van der Waals surface area (Å²) in [5, 5.41) is 0. The minimum absolute atomic E-state index is 0. The van der Waals surface area contributed by atoms with Gasteiger partial charge in [0, 0.05) is 126 Å². The maximum Gasteiger partial charge on any atom is 0 e. The molecule has 0 nitrogen and oxygen atoms in total. The Labute approximate surface area is 150 Å². The van der Waals surface area contributed by atoms with Crippen molar-refractivity contribution < 1.29 is 126 Å². The predicted molar refractivity (Wildman–Crippen MR) is 17.5 cm³/mol. The van der Waals surface area contributed by atoms with Crippen LogP contribution in [-0.2, 0) is 153 Å². The van der Waals surface area contributed by atoms with Crippen LogP contribution in [0.1, 0.15) is 0 Å². The molecule has 0 N–H and O–H groups in total. The molecule has 0 saturated carbocycles. The average Bonchev–Trinajstić information content (AvgIpc) is 0. The maximum atomic E-state index is 0. The van der Waals surface area contributed by atoms with Crippen LogP contribution in [0.5, 0.6) is 0 Å². The molecule has 0 fully saturated rings. The second-order valence-corrected chi connectivity index (χ2v) is 0. The number of hydrogen-bond donors (Lipinski definition) is 0. The molecule has 0 aromatic heterocycles. The Kier molecular flexibility index (Phi) is 572. The SMILES string of the molecule is [SH-].[SH-].[W].[W].[W].[W].[W].[W]. The fourth-order valence-electron chi connectivity index (χ4n) is 0. The van der Waals surface area contributed by atoms with Gasteiger partial charge < -0.3 is 27.0 Å². The van der Waals surface area contributed by atoms with Crippen molar-refractivity contribution in [2.24, 2.45) is 0 Å². The van der Waals surface area contributed by atoms with Crippen LogP contribution in [0.25, 0.3) is 0 Å². The molecule has 0 unspecified atom stereocenters. The molecule has 0 aliphatic heterocycles. The number of thiol groups is 2. The molecule has 0 saturated heterocycles. The molecule has 8 heteroatoms. The van der Waals surface area contributed by atoms with Crippen LogP contribution in [0.4, 0.5) is 0 Å². The summed E-state index contributed by atoms with van der Waals surface area (Å²) in [6.45, 7) is 0. The first kappa shape index (κ1) is 77.0. The minimum Gasteiger partial charge on any atom is -0.813 e. The second-order valence-electron chi connectivity index (χ2n) is 0. The van der Waals surface area contributed by atoms with Crippen LogP contribution in [0.3, 0.4) is 0 Å². The second kappa shape index (κ2) is 59.5. The smallest absolute Gasteiger partial charge is 0 e. The monoisotopic (exact) mass is 1170 g/mol. The molecule has 0 radical (unpaired) electrons. The zero-order valence-corrected chi connectivity index (χ0v) is 22.7. The molecule has 0 aliphatic rings. The first-order valence-electron chi connectivity index (χ1n) is 0. The van der Waals surface area contributed by atoms with E-state index in [9.17, 15) is 0 Å². The molecule has 0 heterocycles. The van der Waals surface area contributed by atoms with E-state index in [4.69, 9.17) is 0 Å². The van der Waals surface area contributed by atoms with Gasteiger partial charge in [-0.1, -0.05) is 0 Å². The largest absolute Gasteiger partial charge is 0.813 e. The molecular formula is H2S2W6-2. The molecule has 0 spiro atoms. The first-order valence-corrected chi connectivity index (χ1v) is 0. The summed E-state index contributed by atoms with van der Waals surface area (Å²) in [6, 6.07) is 0. The molecule has 0 atom stereocenters. The van der Waals surface area contributed by atoms with Crippen molar-refractivity contribution in [3.05, 3.63) is 0 Å². The maximum absolute atomic E-state index is 0. The van der Waals surface area contributed by atoms with Crippen molar-refractivity contribution in [1.82, 2.24) is 0 Å². The van der Waals surface area contributed by atoms with E-state index in [0.29, 0.717) is 0 Å². The Hall–Kier alpha value is 4.83. The van der Waals surface area contributed by atoms with Crippen molar-refractivity contribution >= 4 is 27.0 Å². The summed E-state index contributed by atoms with van der Waals surface area (Å²) < 4.78 is 0. The molecule has 8 heavy (non-hydrogen) atoms. The molecule has 0 aromatic rings. The van der Waals surface area contributed by atoms with Gasteiger partial charge in [0.05, 0.1) is 0 Å². The summed E-state index contributed by atoms with van der Waals surface area (Å²) in [7, 11) is 0. The van der Waals surface area contributed by atoms with Gasteiger partial charge >= 0.3 is 0 Å². The molecule has 0 rings (SSSR count). The van der Waals surface area contributed by atoms with Gasteiger partial charge in [-0.25, -0.2) is 0 Å². The number of rotatable bonds is 0. The van der Waals surface area contributed by atoms with Gasteiger partial charge in [0.25, 0.3) is 0 Å². The predicted octanol–water partition coefficient (Wildman–Crippen LogP) is -0.555. The summed E-state index contributed by atoms with van der Waals surface area (Å²) in [5.74, 6) is 0. The molecular weight excluding hydrogens is 1170 g/mol. The topological polar surface area (TPSA) is 0 Å². The van der Waals surface area contributed by atoms with Gasteiger partial charge in [0.15, 0.2) is 0 Å². The van der Waals surface area contributed by atoms with Crippen molar-refractivity contribution in [1.29, 1.82) is 0 Å². The average molecular weight is 1170 g/mol. The van der Waals surface area contributed by atoms with E-state index in [1.54, 1.807) is 0 Å². The van der Waals surface area contributed by atoms with Crippen LogP contribution in [-0.4, -0.2) is 0 Å². The van der Waals surface area contributed by atoms with Crippen LogP contribution < -0.4 is 0 Å². The normalized spacial score (nSPS) is 0. The summed E-state index contributed by atoms with van der Waals surface area (Å²) in [4.78, 5) is 0. The fourth-order valence-corrected chi connectivity index (χ4v) is 0. The molecule has 0 aromatic carbocycles. The Bertz CT molecular complexity index is 6.49. The Morgan fingerprint density at radius 3 is 0.250 bits per heavy atom. The summed E-state index contributed by atoms with van der Waals surface area (Å²) in [6.07, 6.45) is 0. The Balaban J connectivity index is 0. The van der Waals surface area contributed by atoms with Gasteiger partial charge in [0.1, 0.15) is 0 Å². The summed E-state index contributed by atoms with van der Waals surface area (Å²) in [5.41, 5.74) is 0. The fraction of sp³-hybridized carbons (Fsp3) is 0. The molecule has 0 amide bonds. The third-order valence-corrected chi connectivity index (χ3v) is 0. The van der Waals surface area contributed by atoms with Crippen molar-refractivity contribution in [3.8, 4) is 0 Å². The Morgan fingerprint density at radius 2 is 0.250 bits per heavy atom. The van der Waals surface area contributed by atoms with E-state index in [2.05, 4.69) is 0 Å². The number of hydrogen-bond acceptors (Lipinski definition) is 2. The molecule has 0 aliphatic carbocycles. The third kappa shape index (κ3) is 44.9. The van der Waals surface area contributed by atoms with Crippen LogP contribution in [0, 0.1) is 0 Å². The van der Waals surface area contributed by atoms with Crippen molar-refractivity contribution in [2.45, 2.75) is 0 Å². The van der Waals surface area contributed by atoms with E-state index in [0.717, 1.165) is 0 Å². The zero-order chi connectivity index (χ0) is 0. The summed E-state index contributed by atoms with van der Waals surface area (Å²) >= 11 is 0. The van der Waals surface area contributed by atoms with Crippen molar-refractivity contribution in [3.63, 3.8) is 0 Å². The molecule has 52 valence electrons. The minimum atomic E-state index is 0. The van der Waals surface area contributed by atoms with Crippen LogP contribution >= 0.6 is 0 Å². The van der Waals surface area contributed by atoms with E-state index in [1.165, 1.54) is 0 Å².